The SMILES string of the molecule is CS(=O)(=O)c1ccc(CC2CNCCN2C(=S)S)cc1. The molecule has 1 aromatic carbocycles. The van der Waals surface area contributed by atoms with E-state index < -0.39 is 9.84 Å². The van der Waals surface area contributed by atoms with Gasteiger partial charge in [-0.15, -0.1) is 12.6 Å². The van der Waals surface area contributed by atoms with Crippen LogP contribution in [0.2, 0.25) is 0 Å². The first-order valence-electron chi connectivity index (χ1n) is 6.37. The van der Waals surface area contributed by atoms with Crippen LogP contribution in [0.1, 0.15) is 5.56 Å². The van der Waals surface area contributed by atoms with E-state index in [0.29, 0.717) is 9.22 Å². The third-order valence-corrected chi connectivity index (χ3v) is 5.04. The Balaban J connectivity index is 2.11. The fourth-order valence-electron chi connectivity index (χ4n) is 2.34. The van der Waals surface area contributed by atoms with E-state index in [1.54, 1.807) is 12.1 Å². The first kappa shape index (κ1) is 15.8. The molecule has 0 saturated carbocycles. The minimum Gasteiger partial charge on any atom is -0.352 e. The summed E-state index contributed by atoms with van der Waals surface area (Å²) in [4.78, 5) is 2.46. The number of piperazine rings is 1. The molecule has 1 fully saturated rings. The molecule has 1 N–H and O–H groups in total. The van der Waals surface area contributed by atoms with Crippen molar-refractivity contribution >= 4 is 39.0 Å². The zero-order valence-electron chi connectivity index (χ0n) is 11.2. The summed E-state index contributed by atoms with van der Waals surface area (Å²) in [6.45, 7) is 2.62. The topological polar surface area (TPSA) is 49.4 Å². The molecule has 110 valence electrons. The minimum atomic E-state index is -3.13. The van der Waals surface area contributed by atoms with Crippen molar-refractivity contribution < 1.29 is 8.42 Å². The van der Waals surface area contributed by atoms with Crippen molar-refractivity contribution in [3.8, 4) is 0 Å². The maximum absolute atomic E-state index is 11.4. The van der Waals surface area contributed by atoms with E-state index in [1.165, 1.54) is 6.26 Å². The average Bonchev–Trinajstić information content (AvgIpc) is 2.38. The van der Waals surface area contributed by atoms with Crippen molar-refractivity contribution in [1.29, 1.82) is 0 Å². The minimum absolute atomic E-state index is 0.262. The molecule has 1 aliphatic rings. The summed E-state index contributed by atoms with van der Waals surface area (Å²) in [5, 5.41) is 3.34. The first-order valence-corrected chi connectivity index (χ1v) is 9.12. The van der Waals surface area contributed by atoms with Crippen LogP contribution in [0.4, 0.5) is 0 Å². The van der Waals surface area contributed by atoms with E-state index >= 15 is 0 Å². The number of rotatable bonds is 3. The van der Waals surface area contributed by atoms with Crippen molar-refractivity contribution in [1.82, 2.24) is 10.2 Å². The Labute approximate surface area is 130 Å². The van der Waals surface area contributed by atoms with Crippen molar-refractivity contribution in [2.75, 3.05) is 25.9 Å². The van der Waals surface area contributed by atoms with Gasteiger partial charge in [0, 0.05) is 31.9 Å². The molecule has 4 nitrogen and oxygen atoms in total. The predicted octanol–water partition coefficient (Wildman–Crippen LogP) is 1.12. The van der Waals surface area contributed by atoms with E-state index in [1.807, 2.05) is 12.1 Å². The normalized spacial score (nSPS) is 19.9. The molecule has 0 bridgehead atoms. The van der Waals surface area contributed by atoms with Crippen LogP contribution in [0.25, 0.3) is 0 Å². The lowest BCUT2D eigenvalue weighted by molar-refractivity contribution is 0.264. The standard InChI is InChI=1S/C13H18N2O2S3/c1-20(16,17)12-4-2-10(3-5-12)8-11-9-14-6-7-15(11)13(18)19/h2-5,11,14H,6-9H2,1H3,(H,18,19). The Morgan fingerprint density at radius 3 is 2.65 bits per heavy atom. The number of sulfone groups is 1. The van der Waals surface area contributed by atoms with Gasteiger partial charge in [-0.05, 0) is 24.1 Å². The molecule has 1 unspecified atom stereocenters. The molecule has 0 spiro atoms. The summed E-state index contributed by atoms with van der Waals surface area (Å²) in [5.41, 5.74) is 1.10. The zero-order chi connectivity index (χ0) is 14.8. The van der Waals surface area contributed by atoms with Crippen molar-refractivity contribution in [3.05, 3.63) is 29.8 Å². The number of hydrogen-bond acceptors (Lipinski definition) is 4. The maximum atomic E-state index is 11.4. The number of benzene rings is 1. The van der Waals surface area contributed by atoms with Crippen LogP contribution >= 0.6 is 24.8 Å². The number of thiocarbonyl (C=S) groups is 1. The van der Waals surface area contributed by atoms with Crippen molar-refractivity contribution in [2.45, 2.75) is 17.4 Å². The lowest BCUT2D eigenvalue weighted by Crippen LogP contribution is -2.53. The van der Waals surface area contributed by atoms with Gasteiger partial charge in [0.2, 0.25) is 0 Å². The highest BCUT2D eigenvalue weighted by molar-refractivity contribution is 8.10. The summed E-state index contributed by atoms with van der Waals surface area (Å²) in [6, 6.07) is 7.31. The van der Waals surface area contributed by atoms with E-state index in [9.17, 15) is 8.42 Å². The van der Waals surface area contributed by atoms with Gasteiger partial charge >= 0.3 is 0 Å². The van der Waals surface area contributed by atoms with Gasteiger partial charge < -0.3 is 10.2 Å². The molecule has 1 atom stereocenters. The van der Waals surface area contributed by atoms with Crippen molar-refractivity contribution in [3.63, 3.8) is 0 Å². The zero-order valence-corrected chi connectivity index (χ0v) is 13.8. The van der Waals surface area contributed by atoms with Gasteiger partial charge in [-0.2, -0.15) is 0 Å². The first-order chi connectivity index (χ1) is 9.38. The van der Waals surface area contributed by atoms with Gasteiger partial charge in [-0.25, -0.2) is 8.42 Å². The van der Waals surface area contributed by atoms with Crippen LogP contribution in [-0.2, 0) is 16.3 Å². The fourth-order valence-corrected chi connectivity index (χ4v) is 3.47. The number of nitrogens with one attached hydrogen (secondary N) is 1. The predicted molar refractivity (Wildman–Crippen MR) is 88.2 cm³/mol. The molecule has 0 amide bonds. The molecular weight excluding hydrogens is 312 g/mol. The largest absolute Gasteiger partial charge is 0.352 e. The van der Waals surface area contributed by atoms with E-state index in [-0.39, 0.29) is 6.04 Å². The second kappa shape index (κ2) is 6.43. The highest BCUT2D eigenvalue weighted by atomic mass is 32.2. The molecule has 1 aliphatic heterocycles. The summed E-state index contributed by atoms with van der Waals surface area (Å²) >= 11 is 9.43. The maximum Gasteiger partial charge on any atom is 0.175 e. The van der Waals surface area contributed by atoms with Gasteiger partial charge in [0.15, 0.2) is 9.84 Å². The fraction of sp³-hybridized carbons (Fsp3) is 0.462. The molecule has 1 aromatic rings. The molecule has 0 radical (unpaired) electrons. The Kier molecular flexibility index (Phi) is 5.06. The second-order valence-electron chi connectivity index (χ2n) is 4.95. The van der Waals surface area contributed by atoms with E-state index in [2.05, 4.69) is 22.8 Å². The van der Waals surface area contributed by atoms with Crippen LogP contribution in [0.15, 0.2) is 29.2 Å². The van der Waals surface area contributed by atoms with Crippen LogP contribution in [0, 0.1) is 0 Å². The summed E-state index contributed by atoms with van der Waals surface area (Å²) in [5.74, 6) is 0. The molecule has 0 aliphatic carbocycles. The highest BCUT2D eigenvalue weighted by Crippen LogP contribution is 2.16. The van der Waals surface area contributed by atoms with E-state index in [0.717, 1.165) is 31.6 Å². The van der Waals surface area contributed by atoms with Gasteiger partial charge in [0.25, 0.3) is 0 Å². The second-order valence-corrected chi connectivity index (χ2v) is 8.08. The molecule has 2 rings (SSSR count). The quantitative estimate of drug-likeness (QED) is 0.642. The third kappa shape index (κ3) is 3.94. The third-order valence-electron chi connectivity index (χ3n) is 3.42. The molecule has 0 aromatic heterocycles. The van der Waals surface area contributed by atoms with Crippen LogP contribution in [0.3, 0.4) is 0 Å². The molecule has 1 saturated heterocycles. The number of nitrogens with zero attached hydrogens (tertiary/aromatic N) is 1. The Morgan fingerprint density at radius 2 is 2.10 bits per heavy atom. The molecule has 20 heavy (non-hydrogen) atoms. The summed E-state index contributed by atoms with van der Waals surface area (Å²) < 4.78 is 23.5. The van der Waals surface area contributed by atoms with Gasteiger partial charge in [-0.1, -0.05) is 24.4 Å². The summed E-state index contributed by atoms with van der Waals surface area (Å²) in [6.07, 6.45) is 2.03. The highest BCUT2D eigenvalue weighted by Gasteiger charge is 2.23. The van der Waals surface area contributed by atoms with E-state index in [4.69, 9.17) is 12.2 Å². The molecule has 7 heteroatoms. The molecule has 1 heterocycles. The van der Waals surface area contributed by atoms with Gasteiger partial charge in [0.1, 0.15) is 4.32 Å². The van der Waals surface area contributed by atoms with Crippen LogP contribution in [-0.4, -0.2) is 49.6 Å². The lowest BCUT2D eigenvalue weighted by Gasteiger charge is -2.36. The number of hydrogen-bond donors (Lipinski definition) is 2. The average molecular weight is 330 g/mol. The monoisotopic (exact) mass is 330 g/mol. The smallest absolute Gasteiger partial charge is 0.175 e. The Bertz CT molecular complexity index is 584. The number of thiol groups is 1. The Morgan fingerprint density at radius 1 is 1.45 bits per heavy atom. The van der Waals surface area contributed by atoms with Gasteiger partial charge in [0.05, 0.1) is 4.90 Å². The lowest BCUT2D eigenvalue weighted by atomic mass is 10.0. The van der Waals surface area contributed by atoms with Crippen LogP contribution in [0.5, 0.6) is 0 Å². The Hall–Kier alpha value is -0.630. The van der Waals surface area contributed by atoms with Crippen LogP contribution < -0.4 is 5.32 Å². The molecular formula is C13H18N2O2S3. The van der Waals surface area contributed by atoms with Crippen molar-refractivity contribution in [2.24, 2.45) is 0 Å². The van der Waals surface area contributed by atoms with Gasteiger partial charge in [-0.3, -0.25) is 0 Å². The summed E-state index contributed by atoms with van der Waals surface area (Å²) in [7, 11) is -3.13.